The van der Waals surface area contributed by atoms with Gasteiger partial charge in [0.2, 0.25) is 0 Å². The summed E-state index contributed by atoms with van der Waals surface area (Å²) in [6.45, 7) is 0. The molecule has 2 rings (SSSR count). The van der Waals surface area contributed by atoms with Gasteiger partial charge in [-0.3, -0.25) is 0 Å². The molecule has 0 spiro atoms. The van der Waals surface area contributed by atoms with Crippen LogP contribution in [0, 0.1) is 0 Å². The van der Waals surface area contributed by atoms with E-state index in [0.29, 0.717) is 10.3 Å². The molecular weight excluding hydrogens is 360 g/mol. The molecule has 0 saturated carbocycles. The number of aromatic nitrogens is 2. The first-order valence-corrected chi connectivity index (χ1v) is 6.54. The summed E-state index contributed by atoms with van der Waals surface area (Å²) in [5, 5.41) is 10.8. The molecule has 2 aromatic heterocycles. The van der Waals surface area contributed by atoms with E-state index in [9.17, 15) is 4.79 Å². The highest BCUT2D eigenvalue weighted by atomic mass is 79.9. The molecule has 0 aliphatic heterocycles. The lowest BCUT2D eigenvalue weighted by Crippen LogP contribution is -2.03. The zero-order valence-corrected chi connectivity index (χ0v) is 11.6. The molecule has 7 heteroatoms. The van der Waals surface area contributed by atoms with Crippen molar-refractivity contribution in [2.24, 2.45) is 0 Å². The number of rotatable bonds is 2. The number of halogens is 2. The molecule has 0 radical (unpaired) electrons. The van der Waals surface area contributed by atoms with E-state index in [1.807, 2.05) is 11.4 Å². The average Bonchev–Trinajstić information content (AvgIpc) is 2.65. The molecule has 2 aromatic rings. The quantitative estimate of drug-likeness (QED) is 0.887. The molecule has 0 aliphatic carbocycles. The van der Waals surface area contributed by atoms with Crippen molar-refractivity contribution >= 4 is 49.2 Å². The Bertz CT molecular complexity index is 556. The van der Waals surface area contributed by atoms with Crippen molar-refractivity contribution in [2.75, 3.05) is 0 Å². The fraction of sp³-hybridized carbons (Fsp3) is 0. The van der Waals surface area contributed by atoms with Crippen molar-refractivity contribution < 1.29 is 9.90 Å². The molecule has 0 atom stereocenters. The van der Waals surface area contributed by atoms with Crippen molar-refractivity contribution in [3.05, 3.63) is 32.3 Å². The summed E-state index contributed by atoms with van der Waals surface area (Å²) in [6, 6.07) is 1.85. The summed E-state index contributed by atoms with van der Waals surface area (Å²) in [7, 11) is 0. The van der Waals surface area contributed by atoms with Gasteiger partial charge >= 0.3 is 5.97 Å². The second kappa shape index (κ2) is 4.60. The first-order chi connectivity index (χ1) is 7.58. The van der Waals surface area contributed by atoms with E-state index in [1.165, 1.54) is 17.5 Å². The lowest BCUT2D eigenvalue weighted by molar-refractivity contribution is 0.0689. The zero-order chi connectivity index (χ0) is 11.7. The second-order valence-corrected chi connectivity index (χ2v) is 5.51. The number of carboxylic acid groups (broad SMARTS) is 1. The lowest BCUT2D eigenvalue weighted by Gasteiger charge is -2.00. The van der Waals surface area contributed by atoms with Crippen molar-refractivity contribution in [2.45, 2.75) is 0 Å². The zero-order valence-electron chi connectivity index (χ0n) is 7.65. The predicted octanol–water partition coefficient (Wildman–Crippen LogP) is 3.43. The molecule has 0 aromatic carbocycles. The van der Waals surface area contributed by atoms with Crippen LogP contribution >= 0.6 is 43.2 Å². The standard InChI is InChI=1S/C9H4Br2N2O2S/c10-4-1-6(16-3-4)8-12-2-5(11)7(13-8)9(14)15/h1-3H,(H,14,15). The van der Waals surface area contributed by atoms with Crippen LogP contribution in [0.25, 0.3) is 10.7 Å². The van der Waals surface area contributed by atoms with Gasteiger partial charge in [-0.25, -0.2) is 14.8 Å². The van der Waals surface area contributed by atoms with Crippen LogP contribution in [-0.4, -0.2) is 21.0 Å². The molecule has 0 unspecified atom stereocenters. The topological polar surface area (TPSA) is 63.1 Å². The minimum absolute atomic E-state index is 0.0328. The number of hydrogen-bond donors (Lipinski definition) is 1. The minimum Gasteiger partial charge on any atom is -0.476 e. The maximum Gasteiger partial charge on any atom is 0.355 e. The molecule has 82 valence electrons. The summed E-state index contributed by atoms with van der Waals surface area (Å²) < 4.78 is 1.30. The van der Waals surface area contributed by atoms with Crippen molar-refractivity contribution in [1.82, 2.24) is 9.97 Å². The van der Waals surface area contributed by atoms with E-state index in [4.69, 9.17) is 5.11 Å². The molecule has 4 nitrogen and oxygen atoms in total. The van der Waals surface area contributed by atoms with E-state index in [1.54, 1.807) is 0 Å². The summed E-state index contributed by atoms with van der Waals surface area (Å²) >= 11 is 7.87. The highest BCUT2D eigenvalue weighted by Gasteiger charge is 2.13. The highest BCUT2D eigenvalue weighted by molar-refractivity contribution is 9.10. The molecule has 0 fully saturated rings. The van der Waals surface area contributed by atoms with Gasteiger partial charge in [0.1, 0.15) is 0 Å². The maximum absolute atomic E-state index is 10.9. The van der Waals surface area contributed by atoms with Crippen LogP contribution < -0.4 is 0 Å². The van der Waals surface area contributed by atoms with Crippen LogP contribution in [0.1, 0.15) is 10.5 Å². The summed E-state index contributed by atoms with van der Waals surface area (Å²) in [5.74, 6) is -0.664. The second-order valence-electron chi connectivity index (χ2n) is 2.82. The summed E-state index contributed by atoms with van der Waals surface area (Å²) in [5.41, 5.74) is -0.0328. The third kappa shape index (κ3) is 2.31. The van der Waals surface area contributed by atoms with E-state index in [2.05, 4.69) is 41.8 Å². The van der Waals surface area contributed by atoms with Crippen molar-refractivity contribution in [3.8, 4) is 10.7 Å². The number of carbonyl (C=O) groups is 1. The average molecular weight is 364 g/mol. The molecule has 2 heterocycles. The van der Waals surface area contributed by atoms with E-state index in [-0.39, 0.29) is 5.69 Å². The Morgan fingerprint density at radius 3 is 2.75 bits per heavy atom. The lowest BCUT2D eigenvalue weighted by atomic mass is 10.4. The van der Waals surface area contributed by atoms with E-state index >= 15 is 0 Å². The molecule has 16 heavy (non-hydrogen) atoms. The van der Waals surface area contributed by atoms with Gasteiger partial charge in [-0.2, -0.15) is 0 Å². The van der Waals surface area contributed by atoms with Gasteiger partial charge in [0, 0.05) is 16.0 Å². The molecular formula is C9H4Br2N2O2S. The van der Waals surface area contributed by atoms with Gasteiger partial charge in [-0.05, 0) is 37.9 Å². The fourth-order valence-electron chi connectivity index (χ4n) is 1.07. The van der Waals surface area contributed by atoms with E-state index in [0.717, 1.165) is 9.35 Å². The normalized spacial score (nSPS) is 10.4. The largest absolute Gasteiger partial charge is 0.476 e. The molecule has 0 aliphatic rings. The van der Waals surface area contributed by atoms with E-state index < -0.39 is 5.97 Å². The van der Waals surface area contributed by atoms with Crippen molar-refractivity contribution in [3.63, 3.8) is 0 Å². The Balaban J connectivity index is 2.51. The van der Waals surface area contributed by atoms with Gasteiger partial charge in [0.15, 0.2) is 11.5 Å². The molecule has 1 N–H and O–H groups in total. The minimum atomic E-state index is -1.08. The Kier molecular flexibility index (Phi) is 3.36. The molecule has 0 amide bonds. The van der Waals surface area contributed by atoms with Crippen LogP contribution in [0.3, 0.4) is 0 Å². The molecule has 0 saturated heterocycles. The Hall–Kier alpha value is -0.790. The smallest absolute Gasteiger partial charge is 0.355 e. The van der Waals surface area contributed by atoms with Gasteiger partial charge < -0.3 is 5.11 Å². The summed E-state index contributed by atoms with van der Waals surface area (Å²) in [6.07, 6.45) is 1.44. The van der Waals surface area contributed by atoms with Crippen LogP contribution in [0.5, 0.6) is 0 Å². The predicted molar refractivity (Wildman–Crippen MR) is 67.7 cm³/mol. The first kappa shape index (κ1) is 11.7. The van der Waals surface area contributed by atoms with Crippen LogP contribution in [0.15, 0.2) is 26.6 Å². The maximum atomic E-state index is 10.9. The third-order valence-electron chi connectivity index (χ3n) is 1.73. The SMILES string of the molecule is O=C(O)c1nc(-c2cc(Br)cs2)ncc1Br. The Labute approximate surface area is 112 Å². The first-order valence-electron chi connectivity index (χ1n) is 4.08. The van der Waals surface area contributed by atoms with Gasteiger partial charge in [-0.1, -0.05) is 0 Å². The molecule has 0 bridgehead atoms. The van der Waals surface area contributed by atoms with Crippen LogP contribution in [-0.2, 0) is 0 Å². The number of carboxylic acids is 1. The Morgan fingerprint density at radius 2 is 2.19 bits per heavy atom. The number of aromatic carboxylic acids is 1. The van der Waals surface area contributed by atoms with Crippen LogP contribution in [0.4, 0.5) is 0 Å². The van der Waals surface area contributed by atoms with Gasteiger partial charge in [0.25, 0.3) is 0 Å². The fourth-order valence-corrected chi connectivity index (χ4v) is 2.79. The van der Waals surface area contributed by atoms with Crippen molar-refractivity contribution in [1.29, 1.82) is 0 Å². The monoisotopic (exact) mass is 362 g/mol. The highest BCUT2D eigenvalue weighted by Crippen LogP contribution is 2.28. The summed E-state index contributed by atoms with van der Waals surface area (Å²) in [4.78, 5) is 19.8. The van der Waals surface area contributed by atoms with Gasteiger partial charge in [0.05, 0.1) is 9.35 Å². The van der Waals surface area contributed by atoms with Crippen LogP contribution in [0.2, 0.25) is 0 Å². The Morgan fingerprint density at radius 1 is 1.44 bits per heavy atom. The third-order valence-corrected chi connectivity index (χ3v) is 4.00. The number of hydrogen-bond acceptors (Lipinski definition) is 4. The van der Waals surface area contributed by atoms with Gasteiger partial charge in [-0.15, -0.1) is 11.3 Å². The number of thiophene rings is 1. The number of nitrogens with zero attached hydrogens (tertiary/aromatic N) is 2.